The Morgan fingerprint density at radius 1 is 1.71 bits per heavy atom. The van der Waals surface area contributed by atoms with Crippen LogP contribution in [-0.2, 0) is 11.8 Å². The molecular weight excluding hydrogens is 220 g/mol. The number of hydrogen-bond donors (Lipinski definition) is 1. The average Bonchev–Trinajstić information content (AvgIpc) is 2.69. The molecule has 1 fully saturated rings. The first-order chi connectivity index (χ1) is 8.13. The molecule has 0 bridgehead atoms. The summed E-state index contributed by atoms with van der Waals surface area (Å²) >= 11 is 0. The van der Waals surface area contributed by atoms with E-state index >= 15 is 0 Å². The Bertz CT molecular complexity index is 416. The third-order valence-corrected chi connectivity index (χ3v) is 3.10. The summed E-state index contributed by atoms with van der Waals surface area (Å²) in [4.78, 5) is 14.0. The first-order valence-electron chi connectivity index (χ1n) is 5.81. The lowest BCUT2D eigenvalue weighted by Gasteiger charge is -2.32. The molecule has 2 N–H and O–H groups in total. The average molecular weight is 238 g/mol. The molecule has 0 spiro atoms. The fourth-order valence-corrected chi connectivity index (χ4v) is 1.93. The van der Waals surface area contributed by atoms with Crippen LogP contribution in [0.25, 0.3) is 0 Å². The van der Waals surface area contributed by atoms with Crippen molar-refractivity contribution in [1.29, 1.82) is 0 Å². The number of aromatic nitrogens is 2. The molecule has 6 nitrogen and oxygen atoms in total. The molecule has 1 atom stereocenters. The molecule has 1 aromatic rings. The number of anilines is 1. The Hall–Kier alpha value is -1.56. The molecule has 0 radical (unpaired) electrons. The number of nitrogens with zero attached hydrogens (tertiary/aromatic N) is 3. The molecule has 94 valence electrons. The fourth-order valence-electron chi connectivity index (χ4n) is 1.93. The number of ether oxygens (including phenoxy) is 1. The summed E-state index contributed by atoms with van der Waals surface area (Å²) in [5.74, 6) is 0.354. The maximum Gasteiger partial charge on any atom is 0.259 e. The molecule has 1 amide bonds. The van der Waals surface area contributed by atoms with E-state index in [1.54, 1.807) is 11.9 Å². The first-order valence-corrected chi connectivity index (χ1v) is 5.81. The molecule has 0 saturated carbocycles. The zero-order valence-corrected chi connectivity index (χ0v) is 10.2. The Morgan fingerprint density at radius 3 is 3.06 bits per heavy atom. The Labute approximate surface area is 100 Å². The minimum Gasteiger partial charge on any atom is -0.383 e. The van der Waals surface area contributed by atoms with Crippen LogP contribution in [0.5, 0.6) is 0 Å². The number of rotatable bonds is 2. The van der Waals surface area contributed by atoms with Crippen LogP contribution in [0.15, 0.2) is 6.20 Å². The smallest absolute Gasteiger partial charge is 0.259 e. The van der Waals surface area contributed by atoms with E-state index in [0.29, 0.717) is 31.1 Å². The minimum absolute atomic E-state index is 0.0580. The second-order valence-electron chi connectivity index (χ2n) is 4.22. The monoisotopic (exact) mass is 238 g/mol. The summed E-state index contributed by atoms with van der Waals surface area (Å²) in [5, 5.41) is 3.98. The third kappa shape index (κ3) is 2.26. The highest BCUT2D eigenvalue weighted by Crippen LogP contribution is 2.16. The lowest BCUT2D eigenvalue weighted by atomic mass is 10.2. The van der Waals surface area contributed by atoms with Gasteiger partial charge < -0.3 is 15.4 Å². The largest absolute Gasteiger partial charge is 0.383 e. The van der Waals surface area contributed by atoms with Crippen molar-refractivity contribution in [3.8, 4) is 0 Å². The van der Waals surface area contributed by atoms with Crippen LogP contribution >= 0.6 is 0 Å². The molecule has 1 aliphatic rings. The molecule has 17 heavy (non-hydrogen) atoms. The number of aryl methyl sites for hydroxylation is 1. The van der Waals surface area contributed by atoms with Crippen molar-refractivity contribution < 1.29 is 9.53 Å². The van der Waals surface area contributed by atoms with Crippen molar-refractivity contribution in [3.63, 3.8) is 0 Å². The van der Waals surface area contributed by atoms with Crippen LogP contribution in [0.2, 0.25) is 0 Å². The van der Waals surface area contributed by atoms with Crippen molar-refractivity contribution in [2.24, 2.45) is 7.05 Å². The summed E-state index contributed by atoms with van der Waals surface area (Å²) in [5.41, 5.74) is 6.28. The van der Waals surface area contributed by atoms with Crippen LogP contribution in [0, 0.1) is 0 Å². The van der Waals surface area contributed by atoms with E-state index in [-0.39, 0.29) is 12.0 Å². The van der Waals surface area contributed by atoms with E-state index in [0.717, 1.165) is 6.42 Å². The SMILES string of the molecule is CCC1CN(C(=O)c2cnn(C)c2N)CCO1. The zero-order valence-electron chi connectivity index (χ0n) is 10.2. The van der Waals surface area contributed by atoms with Crippen molar-refractivity contribution in [1.82, 2.24) is 14.7 Å². The summed E-state index contributed by atoms with van der Waals surface area (Å²) in [6, 6.07) is 0. The molecule has 6 heteroatoms. The van der Waals surface area contributed by atoms with Crippen molar-refractivity contribution in [2.45, 2.75) is 19.4 Å². The Balaban J connectivity index is 2.12. The lowest BCUT2D eigenvalue weighted by Crippen LogP contribution is -2.45. The number of nitrogen functional groups attached to an aromatic ring is 1. The van der Waals surface area contributed by atoms with Crippen LogP contribution in [-0.4, -0.2) is 46.4 Å². The number of morpholine rings is 1. The van der Waals surface area contributed by atoms with Crippen molar-refractivity contribution in [3.05, 3.63) is 11.8 Å². The number of nitrogens with two attached hydrogens (primary N) is 1. The fraction of sp³-hybridized carbons (Fsp3) is 0.636. The molecule has 1 aromatic heterocycles. The standard InChI is InChI=1S/C11H18N4O2/c1-3-8-7-15(4-5-17-8)11(16)9-6-13-14(2)10(9)12/h6,8H,3-5,7,12H2,1-2H3. The molecule has 1 aliphatic heterocycles. The number of carbonyl (C=O) groups excluding carboxylic acids is 1. The molecular formula is C11H18N4O2. The van der Waals surface area contributed by atoms with Crippen molar-refractivity contribution >= 4 is 11.7 Å². The van der Waals surface area contributed by atoms with Gasteiger partial charge in [-0.25, -0.2) is 0 Å². The van der Waals surface area contributed by atoms with Crippen molar-refractivity contribution in [2.75, 3.05) is 25.4 Å². The topological polar surface area (TPSA) is 73.4 Å². The third-order valence-electron chi connectivity index (χ3n) is 3.10. The van der Waals surface area contributed by atoms with Crippen LogP contribution in [0.1, 0.15) is 23.7 Å². The summed E-state index contributed by atoms with van der Waals surface area (Å²) in [7, 11) is 1.72. The predicted molar refractivity (Wildman–Crippen MR) is 63.6 cm³/mol. The van der Waals surface area contributed by atoms with E-state index in [2.05, 4.69) is 12.0 Å². The quantitative estimate of drug-likeness (QED) is 0.801. The van der Waals surface area contributed by atoms with Gasteiger partial charge in [-0.05, 0) is 6.42 Å². The lowest BCUT2D eigenvalue weighted by molar-refractivity contribution is -0.0225. The number of hydrogen-bond acceptors (Lipinski definition) is 4. The van der Waals surface area contributed by atoms with Crippen LogP contribution in [0.3, 0.4) is 0 Å². The highest BCUT2D eigenvalue weighted by atomic mass is 16.5. The number of carbonyl (C=O) groups is 1. The van der Waals surface area contributed by atoms with Gasteiger partial charge >= 0.3 is 0 Å². The first kappa shape index (κ1) is 11.9. The van der Waals surface area contributed by atoms with E-state index in [1.165, 1.54) is 10.9 Å². The van der Waals surface area contributed by atoms with Gasteiger partial charge in [0.25, 0.3) is 5.91 Å². The maximum atomic E-state index is 12.2. The molecule has 0 aromatic carbocycles. The normalized spacial score (nSPS) is 20.6. The molecule has 2 rings (SSSR count). The molecule has 0 aliphatic carbocycles. The summed E-state index contributed by atoms with van der Waals surface area (Å²) < 4.78 is 7.04. The molecule has 1 saturated heterocycles. The van der Waals surface area contributed by atoms with Gasteiger partial charge in [-0.3, -0.25) is 9.48 Å². The highest BCUT2D eigenvalue weighted by Gasteiger charge is 2.26. The number of amides is 1. The minimum atomic E-state index is -0.0580. The predicted octanol–water partition coefficient (Wildman–Crippen LogP) is 0.253. The summed E-state index contributed by atoms with van der Waals surface area (Å²) in [6.07, 6.45) is 2.56. The zero-order chi connectivity index (χ0) is 12.4. The summed E-state index contributed by atoms with van der Waals surface area (Å²) in [6.45, 7) is 3.88. The molecule has 1 unspecified atom stereocenters. The van der Waals surface area contributed by atoms with Gasteiger partial charge in [-0.1, -0.05) is 6.92 Å². The van der Waals surface area contributed by atoms with Gasteiger partial charge in [0.15, 0.2) is 0 Å². The van der Waals surface area contributed by atoms with E-state index < -0.39 is 0 Å². The second kappa shape index (κ2) is 4.75. The highest BCUT2D eigenvalue weighted by molar-refractivity contribution is 5.98. The van der Waals surface area contributed by atoms with Gasteiger partial charge in [0.1, 0.15) is 11.4 Å². The van der Waals surface area contributed by atoms with E-state index in [4.69, 9.17) is 10.5 Å². The Kier molecular flexibility index (Phi) is 3.33. The van der Waals surface area contributed by atoms with E-state index in [9.17, 15) is 4.79 Å². The Morgan fingerprint density at radius 2 is 2.47 bits per heavy atom. The van der Waals surface area contributed by atoms with Crippen LogP contribution in [0.4, 0.5) is 5.82 Å². The maximum absolute atomic E-state index is 12.2. The van der Waals surface area contributed by atoms with Gasteiger partial charge in [-0.15, -0.1) is 0 Å². The van der Waals surface area contributed by atoms with Gasteiger partial charge in [0.05, 0.1) is 18.9 Å². The van der Waals surface area contributed by atoms with E-state index in [1.807, 2.05) is 0 Å². The van der Waals surface area contributed by atoms with Gasteiger partial charge in [0.2, 0.25) is 0 Å². The van der Waals surface area contributed by atoms with Gasteiger partial charge in [-0.2, -0.15) is 5.10 Å². The second-order valence-corrected chi connectivity index (χ2v) is 4.22. The van der Waals surface area contributed by atoms with Gasteiger partial charge in [0, 0.05) is 20.1 Å². The van der Waals surface area contributed by atoms with Crippen LogP contribution < -0.4 is 5.73 Å². The molecule has 2 heterocycles.